The van der Waals surface area contributed by atoms with Gasteiger partial charge in [0.25, 0.3) is 0 Å². The molecule has 0 fully saturated rings. The van der Waals surface area contributed by atoms with Crippen molar-refractivity contribution in [2.24, 2.45) is 0 Å². The Balaban J connectivity index is 1.58. The number of aromatic nitrogens is 1. The number of ether oxygens (including phenoxy) is 2. The van der Waals surface area contributed by atoms with Gasteiger partial charge in [0.1, 0.15) is 18.1 Å². The van der Waals surface area contributed by atoms with Gasteiger partial charge in [-0.1, -0.05) is 35.9 Å². The minimum absolute atomic E-state index is 0.556. The van der Waals surface area contributed by atoms with E-state index in [9.17, 15) is 0 Å². The van der Waals surface area contributed by atoms with Crippen molar-refractivity contribution in [2.75, 3.05) is 0 Å². The van der Waals surface area contributed by atoms with Crippen LogP contribution in [0.5, 0.6) is 17.4 Å². The standard InChI is InChI=1S/C19H17NO2/c1-15-5-7-16(8-6-15)14-21-17-9-11-18(12-10-17)22-19-4-2-3-13-20-19/h2-13H,14H2,1H3. The van der Waals surface area contributed by atoms with Gasteiger partial charge in [-0.05, 0) is 42.8 Å². The molecule has 0 aliphatic rings. The molecule has 1 heterocycles. The van der Waals surface area contributed by atoms with Gasteiger partial charge >= 0.3 is 0 Å². The molecule has 22 heavy (non-hydrogen) atoms. The van der Waals surface area contributed by atoms with Crippen LogP contribution < -0.4 is 9.47 Å². The summed E-state index contributed by atoms with van der Waals surface area (Å²) in [5.41, 5.74) is 2.40. The normalized spacial score (nSPS) is 10.2. The summed E-state index contributed by atoms with van der Waals surface area (Å²) in [6.07, 6.45) is 1.70. The molecule has 0 aliphatic carbocycles. The fourth-order valence-corrected chi connectivity index (χ4v) is 1.98. The molecule has 110 valence electrons. The van der Waals surface area contributed by atoms with Gasteiger partial charge in [0.15, 0.2) is 0 Å². The highest BCUT2D eigenvalue weighted by Gasteiger charge is 2.00. The third kappa shape index (κ3) is 3.85. The summed E-state index contributed by atoms with van der Waals surface area (Å²) < 4.78 is 11.4. The maximum Gasteiger partial charge on any atom is 0.219 e. The van der Waals surface area contributed by atoms with Crippen molar-refractivity contribution in [1.82, 2.24) is 4.98 Å². The van der Waals surface area contributed by atoms with Crippen LogP contribution in [0.1, 0.15) is 11.1 Å². The molecule has 0 bridgehead atoms. The molecule has 3 heteroatoms. The molecular formula is C19H17NO2. The maximum atomic E-state index is 5.77. The third-order valence-corrected chi connectivity index (χ3v) is 3.21. The predicted molar refractivity (Wildman–Crippen MR) is 86.3 cm³/mol. The molecule has 3 rings (SSSR count). The van der Waals surface area contributed by atoms with Crippen LogP contribution >= 0.6 is 0 Å². The molecule has 0 saturated heterocycles. The minimum atomic E-state index is 0.556. The zero-order valence-electron chi connectivity index (χ0n) is 12.4. The highest BCUT2D eigenvalue weighted by Crippen LogP contribution is 2.22. The topological polar surface area (TPSA) is 31.4 Å². The molecule has 0 aliphatic heterocycles. The van der Waals surface area contributed by atoms with Crippen molar-refractivity contribution in [3.63, 3.8) is 0 Å². The number of aryl methyl sites for hydroxylation is 1. The number of pyridine rings is 1. The highest BCUT2D eigenvalue weighted by atomic mass is 16.5. The summed E-state index contributed by atoms with van der Waals surface area (Å²) in [7, 11) is 0. The molecule has 1 aromatic heterocycles. The second kappa shape index (κ2) is 6.76. The Hall–Kier alpha value is -2.81. The first-order valence-corrected chi connectivity index (χ1v) is 7.17. The number of nitrogens with zero attached hydrogens (tertiary/aromatic N) is 1. The van der Waals surface area contributed by atoms with Crippen LogP contribution in [0.25, 0.3) is 0 Å². The van der Waals surface area contributed by atoms with E-state index < -0.39 is 0 Å². The van der Waals surface area contributed by atoms with E-state index in [0.717, 1.165) is 17.1 Å². The molecule has 0 atom stereocenters. The zero-order chi connectivity index (χ0) is 15.2. The Morgan fingerprint density at radius 1 is 0.818 bits per heavy atom. The smallest absolute Gasteiger partial charge is 0.219 e. The monoisotopic (exact) mass is 291 g/mol. The lowest BCUT2D eigenvalue weighted by molar-refractivity contribution is 0.305. The lowest BCUT2D eigenvalue weighted by atomic mass is 10.2. The second-order valence-corrected chi connectivity index (χ2v) is 5.02. The molecule has 3 nitrogen and oxygen atoms in total. The molecule has 3 aromatic rings. The molecule has 0 radical (unpaired) electrons. The van der Waals surface area contributed by atoms with Gasteiger partial charge in [-0.25, -0.2) is 4.98 Å². The number of hydrogen-bond donors (Lipinski definition) is 0. The fraction of sp³-hybridized carbons (Fsp3) is 0.105. The second-order valence-electron chi connectivity index (χ2n) is 5.02. The van der Waals surface area contributed by atoms with E-state index in [-0.39, 0.29) is 0 Å². The van der Waals surface area contributed by atoms with E-state index in [1.807, 2.05) is 42.5 Å². The van der Waals surface area contributed by atoms with Gasteiger partial charge < -0.3 is 9.47 Å². The van der Waals surface area contributed by atoms with E-state index in [2.05, 4.69) is 36.2 Å². The Morgan fingerprint density at radius 3 is 2.23 bits per heavy atom. The molecule has 2 aromatic carbocycles. The quantitative estimate of drug-likeness (QED) is 0.679. The SMILES string of the molecule is Cc1ccc(COc2ccc(Oc3ccccn3)cc2)cc1. The van der Waals surface area contributed by atoms with Crippen LogP contribution in [0.15, 0.2) is 72.9 Å². The van der Waals surface area contributed by atoms with Gasteiger partial charge in [0.2, 0.25) is 5.88 Å². The van der Waals surface area contributed by atoms with E-state index in [4.69, 9.17) is 9.47 Å². The van der Waals surface area contributed by atoms with E-state index >= 15 is 0 Å². The number of benzene rings is 2. The Kier molecular flexibility index (Phi) is 4.35. The highest BCUT2D eigenvalue weighted by molar-refractivity contribution is 5.33. The van der Waals surface area contributed by atoms with Crippen LogP contribution in [0.2, 0.25) is 0 Å². The Bertz CT molecular complexity index is 707. The van der Waals surface area contributed by atoms with Crippen LogP contribution in [0.4, 0.5) is 0 Å². The van der Waals surface area contributed by atoms with Gasteiger partial charge in [0.05, 0.1) is 0 Å². The van der Waals surface area contributed by atoms with Crippen LogP contribution in [-0.2, 0) is 6.61 Å². The van der Waals surface area contributed by atoms with Gasteiger partial charge in [0, 0.05) is 12.3 Å². The van der Waals surface area contributed by atoms with E-state index in [0.29, 0.717) is 12.5 Å². The summed E-state index contributed by atoms with van der Waals surface area (Å²) in [5, 5.41) is 0. The molecule has 0 saturated carbocycles. The number of rotatable bonds is 5. The van der Waals surface area contributed by atoms with Crippen molar-refractivity contribution in [3.05, 3.63) is 84.1 Å². The Morgan fingerprint density at radius 2 is 1.55 bits per heavy atom. The molecule has 0 amide bonds. The van der Waals surface area contributed by atoms with Gasteiger partial charge in [-0.2, -0.15) is 0 Å². The lowest BCUT2D eigenvalue weighted by Gasteiger charge is -2.08. The van der Waals surface area contributed by atoms with Crippen LogP contribution in [0, 0.1) is 6.92 Å². The molecular weight excluding hydrogens is 274 g/mol. The largest absolute Gasteiger partial charge is 0.489 e. The molecule has 0 N–H and O–H groups in total. The Labute approximate surface area is 130 Å². The van der Waals surface area contributed by atoms with Crippen molar-refractivity contribution >= 4 is 0 Å². The molecule has 0 spiro atoms. The van der Waals surface area contributed by atoms with E-state index in [1.54, 1.807) is 6.20 Å². The first-order valence-electron chi connectivity index (χ1n) is 7.17. The van der Waals surface area contributed by atoms with Crippen molar-refractivity contribution in [3.8, 4) is 17.4 Å². The summed E-state index contributed by atoms with van der Waals surface area (Å²) in [4.78, 5) is 4.13. The summed E-state index contributed by atoms with van der Waals surface area (Å²) in [6.45, 7) is 2.63. The van der Waals surface area contributed by atoms with E-state index in [1.165, 1.54) is 5.56 Å². The first-order chi connectivity index (χ1) is 10.8. The van der Waals surface area contributed by atoms with Gasteiger partial charge in [-0.15, -0.1) is 0 Å². The fourth-order valence-electron chi connectivity index (χ4n) is 1.98. The summed E-state index contributed by atoms with van der Waals surface area (Å²) in [6, 6.07) is 21.4. The van der Waals surface area contributed by atoms with Crippen LogP contribution in [0.3, 0.4) is 0 Å². The third-order valence-electron chi connectivity index (χ3n) is 3.21. The van der Waals surface area contributed by atoms with Crippen LogP contribution in [-0.4, -0.2) is 4.98 Å². The van der Waals surface area contributed by atoms with Crippen molar-refractivity contribution in [1.29, 1.82) is 0 Å². The average molecular weight is 291 g/mol. The van der Waals surface area contributed by atoms with Crippen molar-refractivity contribution < 1.29 is 9.47 Å². The lowest BCUT2D eigenvalue weighted by Crippen LogP contribution is -1.95. The summed E-state index contributed by atoms with van der Waals surface area (Å²) in [5.74, 6) is 2.13. The zero-order valence-corrected chi connectivity index (χ0v) is 12.4. The molecule has 0 unspecified atom stereocenters. The average Bonchev–Trinajstić information content (AvgIpc) is 2.57. The minimum Gasteiger partial charge on any atom is -0.489 e. The number of hydrogen-bond acceptors (Lipinski definition) is 3. The first kappa shape index (κ1) is 14.1. The predicted octanol–water partition coefficient (Wildman–Crippen LogP) is 4.76. The summed E-state index contributed by atoms with van der Waals surface area (Å²) >= 11 is 0. The van der Waals surface area contributed by atoms with Gasteiger partial charge in [-0.3, -0.25) is 0 Å². The van der Waals surface area contributed by atoms with Crippen molar-refractivity contribution in [2.45, 2.75) is 13.5 Å². The maximum absolute atomic E-state index is 5.77.